The zero-order valence-corrected chi connectivity index (χ0v) is 24.9. The summed E-state index contributed by atoms with van der Waals surface area (Å²) in [6, 6.07) is 26.4. The molecule has 2 heterocycles. The Morgan fingerprint density at radius 1 is 0.977 bits per heavy atom. The van der Waals surface area contributed by atoms with E-state index in [0.717, 1.165) is 17.4 Å². The highest BCUT2D eigenvalue weighted by Gasteiger charge is 2.26. The van der Waals surface area contributed by atoms with E-state index in [1.54, 1.807) is 17.3 Å². The van der Waals surface area contributed by atoms with Gasteiger partial charge in [0, 0.05) is 42.2 Å². The molecule has 4 aromatic carbocycles. The Kier molecular flexibility index (Phi) is 7.53. The van der Waals surface area contributed by atoms with Gasteiger partial charge in [-0.2, -0.15) is 0 Å². The molecule has 6 rings (SSSR count). The van der Waals surface area contributed by atoms with E-state index in [1.807, 2.05) is 54.6 Å². The first-order valence-electron chi connectivity index (χ1n) is 13.7. The number of hydrogen-bond acceptors (Lipinski definition) is 8. The molecule has 1 amide bonds. The predicted molar refractivity (Wildman–Crippen MR) is 168 cm³/mol. The standard InChI is InChI=1S/C32H29FN6O4S/c1-34-32(40)29-26-17-25(22-10-7-11-23(16-22)31-35-37-39(36-31)19-20-8-5-4-6-9-20)27(38(2)44(3,41)42)18-28(26)43-30(29)21-12-14-24(33)15-13-21/h4-18,37H,19H2,1-3H3,(H,34,40)(H,35,36). The van der Waals surface area contributed by atoms with Gasteiger partial charge in [-0.05, 0) is 47.5 Å². The topological polar surface area (TPSA) is 119 Å². The lowest BCUT2D eigenvalue weighted by Gasteiger charge is -2.21. The lowest BCUT2D eigenvalue weighted by Crippen LogP contribution is -2.40. The average Bonchev–Trinajstić information content (AvgIpc) is 3.65. The smallest absolute Gasteiger partial charge is 0.255 e. The summed E-state index contributed by atoms with van der Waals surface area (Å²) >= 11 is 0. The summed E-state index contributed by atoms with van der Waals surface area (Å²) < 4.78 is 46.5. The maximum absolute atomic E-state index is 13.7. The van der Waals surface area contributed by atoms with Crippen LogP contribution in [-0.2, 0) is 16.6 Å². The van der Waals surface area contributed by atoms with Crippen molar-refractivity contribution in [1.82, 2.24) is 21.4 Å². The number of anilines is 1. The number of halogens is 1. The number of amides is 1. The number of hydrazone groups is 1. The molecule has 5 aromatic rings. The number of nitrogens with zero attached hydrogens (tertiary/aromatic N) is 3. The minimum absolute atomic E-state index is 0.243. The van der Waals surface area contributed by atoms with Crippen LogP contribution >= 0.6 is 0 Å². The molecule has 10 nitrogen and oxygen atoms in total. The Morgan fingerprint density at radius 3 is 2.41 bits per heavy atom. The van der Waals surface area contributed by atoms with Crippen molar-refractivity contribution in [1.29, 1.82) is 0 Å². The third-order valence-corrected chi connectivity index (χ3v) is 8.55. The fraction of sp³-hybridized carbons (Fsp3) is 0.125. The molecule has 0 unspecified atom stereocenters. The molecule has 1 aromatic heterocycles. The van der Waals surface area contributed by atoms with Gasteiger partial charge in [0.2, 0.25) is 10.0 Å². The van der Waals surface area contributed by atoms with Gasteiger partial charge in [0.05, 0.1) is 24.1 Å². The monoisotopic (exact) mass is 612 g/mol. The number of fused-ring (bicyclic) bond motifs is 1. The first-order chi connectivity index (χ1) is 21.1. The summed E-state index contributed by atoms with van der Waals surface area (Å²) in [5.74, 6) is -0.00597. The second kappa shape index (κ2) is 11.5. The highest BCUT2D eigenvalue weighted by Crippen LogP contribution is 2.41. The second-order valence-corrected chi connectivity index (χ2v) is 12.3. The van der Waals surface area contributed by atoms with Gasteiger partial charge >= 0.3 is 0 Å². The molecule has 0 fully saturated rings. The average molecular weight is 613 g/mol. The second-order valence-electron chi connectivity index (χ2n) is 10.3. The zero-order chi connectivity index (χ0) is 31.0. The van der Waals surface area contributed by atoms with Gasteiger partial charge in [0.1, 0.15) is 17.2 Å². The largest absolute Gasteiger partial charge is 0.455 e. The van der Waals surface area contributed by atoms with Crippen LogP contribution in [0.2, 0.25) is 0 Å². The first-order valence-corrected chi connectivity index (χ1v) is 15.5. The lowest BCUT2D eigenvalue weighted by molar-refractivity contribution is 0.0964. The van der Waals surface area contributed by atoms with Crippen molar-refractivity contribution in [3.8, 4) is 22.5 Å². The third-order valence-electron chi connectivity index (χ3n) is 7.36. The Bertz CT molecular complexity index is 2010. The van der Waals surface area contributed by atoms with Crippen molar-refractivity contribution < 1.29 is 22.0 Å². The van der Waals surface area contributed by atoms with Gasteiger partial charge in [-0.1, -0.05) is 48.5 Å². The minimum atomic E-state index is -3.68. The van der Waals surface area contributed by atoms with Crippen LogP contribution in [0, 0.1) is 5.82 Å². The molecule has 0 atom stereocenters. The fourth-order valence-electron chi connectivity index (χ4n) is 5.05. The van der Waals surface area contributed by atoms with E-state index in [-0.39, 0.29) is 11.3 Å². The number of sulfonamides is 1. The molecular weight excluding hydrogens is 583 g/mol. The van der Waals surface area contributed by atoms with E-state index in [4.69, 9.17) is 4.42 Å². The molecule has 1 aliphatic rings. The maximum Gasteiger partial charge on any atom is 0.255 e. The van der Waals surface area contributed by atoms with Gasteiger partial charge in [-0.3, -0.25) is 14.5 Å². The molecule has 12 heteroatoms. The van der Waals surface area contributed by atoms with Gasteiger partial charge < -0.3 is 9.73 Å². The molecule has 3 N–H and O–H groups in total. The van der Waals surface area contributed by atoms with Crippen LogP contribution in [-0.4, -0.2) is 45.6 Å². The number of furan rings is 1. The van der Waals surface area contributed by atoms with Crippen LogP contribution in [0.25, 0.3) is 33.4 Å². The number of carbonyl (C=O) groups is 1. The zero-order valence-electron chi connectivity index (χ0n) is 24.1. The summed E-state index contributed by atoms with van der Waals surface area (Å²) in [6.45, 7) is 0.562. The molecule has 1 aliphatic heterocycles. The molecule has 44 heavy (non-hydrogen) atoms. The number of benzene rings is 4. The van der Waals surface area contributed by atoms with E-state index < -0.39 is 21.7 Å². The molecule has 0 saturated carbocycles. The Morgan fingerprint density at radius 2 is 1.70 bits per heavy atom. The molecule has 0 spiro atoms. The van der Waals surface area contributed by atoms with Crippen LogP contribution in [0.4, 0.5) is 10.1 Å². The van der Waals surface area contributed by atoms with E-state index >= 15 is 0 Å². The van der Waals surface area contributed by atoms with Gasteiger partial charge in [-0.25, -0.2) is 18.3 Å². The van der Waals surface area contributed by atoms with E-state index in [1.165, 1.54) is 42.7 Å². The number of nitrogens with one attached hydrogen (secondary N) is 3. The Balaban J connectivity index is 1.46. The number of hydrogen-bond donors (Lipinski definition) is 3. The molecular formula is C32H29FN6O4S. The fourth-order valence-corrected chi connectivity index (χ4v) is 5.56. The third kappa shape index (κ3) is 5.60. The SMILES string of the molecule is CNC(=O)c1c(-c2ccc(F)cc2)oc2cc(N(C)S(C)(=O)=O)c(-c3cccc(C4=NNN(Cc5ccccc5)N4)c3)cc12. The van der Waals surface area contributed by atoms with Crippen LogP contribution in [0.5, 0.6) is 0 Å². The number of amidine groups is 1. The summed E-state index contributed by atoms with van der Waals surface area (Å²) in [7, 11) is -0.711. The van der Waals surface area contributed by atoms with Gasteiger partial charge in [0.15, 0.2) is 5.84 Å². The van der Waals surface area contributed by atoms with E-state index in [2.05, 4.69) is 21.4 Å². The Hall–Kier alpha value is -5.20. The van der Waals surface area contributed by atoms with Crippen molar-refractivity contribution in [2.24, 2.45) is 5.10 Å². The minimum Gasteiger partial charge on any atom is -0.455 e. The first kappa shape index (κ1) is 28.9. The number of carbonyl (C=O) groups excluding carboxylic acids is 1. The highest BCUT2D eigenvalue weighted by atomic mass is 32.2. The normalized spacial score (nSPS) is 13.3. The van der Waals surface area contributed by atoms with E-state index in [9.17, 15) is 17.6 Å². The number of rotatable bonds is 8. The molecule has 0 bridgehead atoms. The summed E-state index contributed by atoms with van der Waals surface area (Å²) in [5, 5.41) is 9.32. The van der Waals surface area contributed by atoms with Crippen LogP contribution in [0.1, 0.15) is 21.5 Å². The predicted octanol–water partition coefficient (Wildman–Crippen LogP) is 4.85. The molecule has 0 radical (unpaired) electrons. The molecule has 0 saturated heterocycles. The number of hydrazine groups is 2. The lowest BCUT2D eigenvalue weighted by atomic mass is 9.97. The summed E-state index contributed by atoms with van der Waals surface area (Å²) in [4.78, 5) is 13.2. The quantitative estimate of drug-likeness (QED) is 0.229. The summed E-state index contributed by atoms with van der Waals surface area (Å²) in [6.07, 6.45) is 1.11. The van der Waals surface area contributed by atoms with Crippen molar-refractivity contribution in [2.45, 2.75) is 6.54 Å². The molecule has 224 valence electrons. The van der Waals surface area contributed by atoms with Crippen molar-refractivity contribution in [2.75, 3.05) is 24.7 Å². The maximum atomic E-state index is 13.7. The van der Waals surface area contributed by atoms with Crippen LogP contribution in [0.15, 0.2) is 101 Å². The van der Waals surface area contributed by atoms with Gasteiger partial charge in [-0.15, -0.1) is 10.2 Å². The Labute approximate surface area is 253 Å². The molecule has 0 aliphatic carbocycles. The van der Waals surface area contributed by atoms with Gasteiger partial charge in [0.25, 0.3) is 5.91 Å². The summed E-state index contributed by atoms with van der Waals surface area (Å²) in [5.41, 5.74) is 10.7. The van der Waals surface area contributed by atoms with Crippen molar-refractivity contribution in [3.63, 3.8) is 0 Å². The van der Waals surface area contributed by atoms with Crippen LogP contribution < -0.4 is 20.6 Å². The van der Waals surface area contributed by atoms with E-state index in [0.29, 0.717) is 45.7 Å². The van der Waals surface area contributed by atoms with Crippen molar-refractivity contribution >= 4 is 38.4 Å². The van der Waals surface area contributed by atoms with Crippen LogP contribution in [0.3, 0.4) is 0 Å². The van der Waals surface area contributed by atoms with Crippen molar-refractivity contribution in [3.05, 3.63) is 114 Å². The highest BCUT2D eigenvalue weighted by molar-refractivity contribution is 7.92.